The van der Waals surface area contributed by atoms with E-state index >= 15 is 0 Å². The van der Waals surface area contributed by atoms with Gasteiger partial charge in [0.2, 0.25) is 0 Å². The van der Waals surface area contributed by atoms with E-state index in [-0.39, 0.29) is 0 Å². The Hall–Kier alpha value is 0. The molecule has 0 heterocycles. The zero-order valence-corrected chi connectivity index (χ0v) is 13.8. The first kappa shape index (κ1) is 18.0. The van der Waals surface area contributed by atoms with Gasteiger partial charge in [0.25, 0.3) is 0 Å². The highest BCUT2D eigenvalue weighted by molar-refractivity contribution is 4.67. The topological polar surface area (TPSA) is 0 Å². The summed E-state index contributed by atoms with van der Waals surface area (Å²) in [6.45, 7) is 11.9. The molecule has 0 aliphatic heterocycles. The summed E-state index contributed by atoms with van der Waals surface area (Å²) >= 11 is 0. The van der Waals surface area contributed by atoms with Gasteiger partial charge in [0, 0.05) is 0 Å². The van der Waals surface area contributed by atoms with E-state index in [2.05, 4.69) is 34.6 Å². The average molecular weight is 255 g/mol. The van der Waals surface area contributed by atoms with Crippen LogP contribution in [-0.4, -0.2) is 0 Å². The molecule has 0 aromatic rings. The molecule has 0 heteroatoms. The highest BCUT2D eigenvalue weighted by atomic mass is 14.2. The van der Waals surface area contributed by atoms with Crippen molar-refractivity contribution in [3.05, 3.63) is 0 Å². The molecule has 18 heavy (non-hydrogen) atoms. The standard InChI is InChI=1S/C18H38/c1-6-10-12-17(8-3)14-16(5)15-18(9-4)13-11-7-2/h16-18H,6-15H2,1-5H3. The van der Waals surface area contributed by atoms with Crippen LogP contribution in [-0.2, 0) is 0 Å². The van der Waals surface area contributed by atoms with E-state index in [1.165, 1.54) is 64.2 Å². The van der Waals surface area contributed by atoms with Crippen LogP contribution in [0.15, 0.2) is 0 Å². The Morgan fingerprint density at radius 3 is 1.33 bits per heavy atom. The Labute approximate surface area is 117 Å². The van der Waals surface area contributed by atoms with Crippen LogP contribution in [0.2, 0.25) is 0 Å². The van der Waals surface area contributed by atoms with Crippen molar-refractivity contribution in [1.29, 1.82) is 0 Å². The second kappa shape index (κ2) is 12.1. The first-order valence-electron chi connectivity index (χ1n) is 8.67. The summed E-state index contributed by atoms with van der Waals surface area (Å²) in [5, 5.41) is 0. The fourth-order valence-corrected chi connectivity index (χ4v) is 3.20. The Morgan fingerprint density at radius 1 is 0.667 bits per heavy atom. The fraction of sp³-hybridized carbons (Fsp3) is 1.00. The van der Waals surface area contributed by atoms with Crippen LogP contribution in [0.1, 0.15) is 98.8 Å². The van der Waals surface area contributed by atoms with Gasteiger partial charge in [0.05, 0.1) is 0 Å². The number of unbranched alkanes of at least 4 members (excludes halogenated alkanes) is 2. The molecular formula is C18H38. The predicted molar refractivity (Wildman–Crippen MR) is 85.0 cm³/mol. The summed E-state index contributed by atoms with van der Waals surface area (Å²) in [5.74, 6) is 2.92. The maximum Gasteiger partial charge on any atom is -0.0414 e. The Kier molecular flexibility index (Phi) is 12.1. The minimum Gasteiger partial charge on any atom is -0.0654 e. The molecule has 0 rings (SSSR count). The number of hydrogen-bond acceptors (Lipinski definition) is 0. The van der Waals surface area contributed by atoms with Crippen LogP contribution in [0, 0.1) is 17.8 Å². The second-order valence-corrected chi connectivity index (χ2v) is 6.41. The Morgan fingerprint density at radius 2 is 1.06 bits per heavy atom. The van der Waals surface area contributed by atoms with Gasteiger partial charge in [-0.1, -0.05) is 86.0 Å². The summed E-state index contributed by atoms with van der Waals surface area (Å²) in [5.41, 5.74) is 0. The van der Waals surface area contributed by atoms with E-state index in [4.69, 9.17) is 0 Å². The molecule has 0 fully saturated rings. The molecule has 0 aliphatic carbocycles. The van der Waals surface area contributed by atoms with Crippen LogP contribution in [0.3, 0.4) is 0 Å². The second-order valence-electron chi connectivity index (χ2n) is 6.41. The van der Waals surface area contributed by atoms with Gasteiger partial charge < -0.3 is 0 Å². The SMILES string of the molecule is CCCCC(CC)CC(C)CC(CC)CCCC. The quantitative estimate of drug-likeness (QED) is 0.358. The molecule has 0 saturated carbocycles. The molecule has 0 bridgehead atoms. The molecule has 0 saturated heterocycles. The van der Waals surface area contributed by atoms with Crippen molar-refractivity contribution >= 4 is 0 Å². The number of rotatable bonds is 12. The van der Waals surface area contributed by atoms with Gasteiger partial charge in [0.1, 0.15) is 0 Å². The third-order valence-corrected chi connectivity index (χ3v) is 4.56. The van der Waals surface area contributed by atoms with E-state index in [0.29, 0.717) is 0 Å². The molecule has 110 valence electrons. The highest BCUT2D eigenvalue weighted by Gasteiger charge is 2.15. The number of hydrogen-bond donors (Lipinski definition) is 0. The van der Waals surface area contributed by atoms with Crippen LogP contribution in [0.4, 0.5) is 0 Å². The average Bonchev–Trinajstić information content (AvgIpc) is 2.39. The molecule has 0 aromatic carbocycles. The molecule has 0 nitrogen and oxygen atoms in total. The van der Waals surface area contributed by atoms with E-state index in [1.54, 1.807) is 0 Å². The van der Waals surface area contributed by atoms with E-state index in [9.17, 15) is 0 Å². The summed E-state index contributed by atoms with van der Waals surface area (Å²) in [7, 11) is 0. The Bertz CT molecular complexity index is 143. The normalized spacial score (nSPS) is 16.5. The minimum atomic E-state index is 0.939. The first-order valence-corrected chi connectivity index (χ1v) is 8.67. The van der Waals surface area contributed by atoms with Crippen LogP contribution in [0.5, 0.6) is 0 Å². The maximum atomic E-state index is 2.49. The lowest BCUT2D eigenvalue weighted by molar-refractivity contribution is 0.286. The van der Waals surface area contributed by atoms with Crippen molar-refractivity contribution in [3.8, 4) is 0 Å². The third-order valence-electron chi connectivity index (χ3n) is 4.56. The predicted octanol–water partition coefficient (Wildman–Crippen LogP) is 6.84. The molecule has 0 amide bonds. The molecule has 0 aromatic heterocycles. The zero-order chi connectivity index (χ0) is 13.8. The minimum absolute atomic E-state index is 0.939. The smallest absolute Gasteiger partial charge is 0.0414 e. The molecule has 0 radical (unpaired) electrons. The van der Waals surface area contributed by atoms with Crippen LogP contribution < -0.4 is 0 Å². The lowest BCUT2D eigenvalue weighted by Gasteiger charge is -2.23. The molecule has 0 aliphatic rings. The lowest BCUT2D eigenvalue weighted by Crippen LogP contribution is -2.11. The van der Waals surface area contributed by atoms with Crippen LogP contribution >= 0.6 is 0 Å². The van der Waals surface area contributed by atoms with Crippen LogP contribution in [0.25, 0.3) is 0 Å². The lowest BCUT2D eigenvalue weighted by atomic mass is 9.83. The third kappa shape index (κ3) is 9.00. The summed E-state index contributed by atoms with van der Waals surface area (Å²) in [6, 6.07) is 0. The monoisotopic (exact) mass is 254 g/mol. The Balaban J connectivity index is 3.92. The fourth-order valence-electron chi connectivity index (χ4n) is 3.20. The van der Waals surface area contributed by atoms with Crippen molar-refractivity contribution < 1.29 is 0 Å². The van der Waals surface area contributed by atoms with Gasteiger partial charge in [-0.2, -0.15) is 0 Å². The van der Waals surface area contributed by atoms with Gasteiger partial charge in [-0.15, -0.1) is 0 Å². The van der Waals surface area contributed by atoms with Crippen molar-refractivity contribution in [1.82, 2.24) is 0 Å². The van der Waals surface area contributed by atoms with Crippen molar-refractivity contribution in [3.63, 3.8) is 0 Å². The van der Waals surface area contributed by atoms with E-state index in [1.807, 2.05) is 0 Å². The van der Waals surface area contributed by atoms with Crippen molar-refractivity contribution in [2.75, 3.05) is 0 Å². The highest BCUT2D eigenvalue weighted by Crippen LogP contribution is 2.28. The first-order chi connectivity index (χ1) is 8.67. The molecule has 0 spiro atoms. The van der Waals surface area contributed by atoms with Gasteiger partial charge in [-0.3, -0.25) is 0 Å². The molecular weight excluding hydrogens is 216 g/mol. The summed E-state index contributed by atoms with van der Waals surface area (Å²) in [6.07, 6.45) is 14.2. The molecule has 2 unspecified atom stereocenters. The van der Waals surface area contributed by atoms with E-state index in [0.717, 1.165) is 17.8 Å². The van der Waals surface area contributed by atoms with Gasteiger partial charge in [0.15, 0.2) is 0 Å². The summed E-state index contributed by atoms with van der Waals surface area (Å²) < 4.78 is 0. The van der Waals surface area contributed by atoms with Gasteiger partial charge in [-0.05, 0) is 30.6 Å². The maximum absolute atomic E-state index is 2.49. The van der Waals surface area contributed by atoms with Crippen molar-refractivity contribution in [2.45, 2.75) is 98.8 Å². The van der Waals surface area contributed by atoms with Gasteiger partial charge in [-0.25, -0.2) is 0 Å². The largest absolute Gasteiger partial charge is 0.0654 e. The molecule has 2 atom stereocenters. The molecule has 0 N–H and O–H groups in total. The summed E-state index contributed by atoms with van der Waals surface area (Å²) in [4.78, 5) is 0. The zero-order valence-electron chi connectivity index (χ0n) is 13.8. The van der Waals surface area contributed by atoms with E-state index < -0.39 is 0 Å². The van der Waals surface area contributed by atoms with Crippen molar-refractivity contribution in [2.24, 2.45) is 17.8 Å². The van der Waals surface area contributed by atoms with Gasteiger partial charge >= 0.3 is 0 Å².